The molecule has 2 N–H and O–H groups in total. The number of benzene rings is 1. The van der Waals surface area contributed by atoms with Crippen LogP contribution in [-0.2, 0) is 15.7 Å². The zero-order chi connectivity index (χ0) is 19.8. The maximum absolute atomic E-state index is 12.9. The first-order valence-electron chi connectivity index (χ1n) is 7.80. The Kier molecular flexibility index (Phi) is 5.11. The van der Waals surface area contributed by atoms with Crippen molar-refractivity contribution in [2.24, 2.45) is 5.73 Å². The number of aromatic nitrogens is 2. The van der Waals surface area contributed by atoms with E-state index in [-0.39, 0.29) is 29.5 Å². The number of alkyl halides is 3. The first kappa shape index (κ1) is 19.2. The van der Waals surface area contributed by atoms with Gasteiger partial charge in [-0.25, -0.2) is 0 Å². The molecule has 1 atom stereocenters. The van der Waals surface area contributed by atoms with Crippen molar-refractivity contribution >= 4 is 23.2 Å². The summed E-state index contributed by atoms with van der Waals surface area (Å²) in [6.07, 6.45) is -4.16. The molecule has 1 aromatic carbocycles. The van der Waals surface area contributed by atoms with Crippen LogP contribution in [0.1, 0.15) is 5.56 Å². The molecule has 0 saturated carbocycles. The minimum atomic E-state index is -4.55. The number of halogens is 4. The Hall–Kier alpha value is -2.59. The van der Waals surface area contributed by atoms with Gasteiger partial charge in [0.25, 0.3) is 5.56 Å². The molecule has 0 aliphatic carbocycles. The number of morpholine rings is 1. The fraction of sp³-hybridized carbons (Fsp3) is 0.312. The first-order valence-corrected chi connectivity index (χ1v) is 8.17. The van der Waals surface area contributed by atoms with E-state index in [4.69, 9.17) is 22.1 Å². The zero-order valence-corrected chi connectivity index (χ0v) is 14.5. The van der Waals surface area contributed by atoms with Crippen molar-refractivity contribution in [1.82, 2.24) is 9.78 Å². The highest BCUT2D eigenvalue weighted by Crippen LogP contribution is 2.30. The highest BCUT2D eigenvalue weighted by molar-refractivity contribution is 6.33. The summed E-state index contributed by atoms with van der Waals surface area (Å²) in [5.41, 5.74) is 3.72. The van der Waals surface area contributed by atoms with Crippen LogP contribution in [0.2, 0.25) is 5.02 Å². The summed E-state index contributed by atoms with van der Waals surface area (Å²) in [6.45, 7) is 0.628. The maximum Gasteiger partial charge on any atom is 0.416 e. The second kappa shape index (κ2) is 7.20. The van der Waals surface area contributed by atoms with E-state index in [0.717, 1.165) is 16.8 Å². The molecule has 2 heterocycles. The average Bonchev–Trinajstić information content (AvgIpc) is 2.63. The van der Waals surface area contributed by atoms with Gasteiger partial charge in [0.1, 0.15) is 5.02 Å². The zero-order valence-electron chi connectivity index (χ0n) is 13.7. The number of primary amides is 1. The number of hydrogen-bond acceptors (Lipinski definition) is 5. The van der Waals surface area contributed by atoms with Crippen molar-refractivity contribution < 1.29 is 22.7 Å². The van der Waals surface area contributed by atoms with Crippen molar-refractivity contribution in [1.29, 1.82) is 0 Å². The predicted octanol–water partition coefficient (Wildman–Crippen LogP) is 1.60. The molecule has 27 heavy (non-hydrogen) atoms. The molecule has 7 nitrogen and oxygen atoms in total. The fourth-order valence-electron chi connectivity index (χ4n) is 2.68. The van der Waals surface area contributed by atoms with Gasteiger partial charge in [0.15, 0.2) is 6.10 Å². The van der Waals surface area contributed by atoms with Crippen LogP contribution >= 0.6 is 11.6 Å². The number of nitrogens with two attached hydrogens (primary N) is 1. The van der Waals surface area contributed by atoms with Gasteiger partial charge in [0.2, 0.25) is 5.91 Å². The molecule has 1 aliphatic rings. The molecular weight excluding hydrogens is 389 g/mol. The summed E-state index contributed by atoms with van der Waals surface area (Å²) in [6, 6.07) is 4.19. The number of carbonyl (C=O) groups excluding carboxylic acids is 1. The number of rotatable bonds is 3. The van der Waals surface area contributed by atoms with Crippen molar-refractivity contribution in [3.63, 3.8) is 0 Å². The van der Waals surface area contributed by atoms with Gasteiger partial charge in [0, 0.05) is 6.54 Å². The van der Waals surface area contributed by atoms with Crippen LogP contribution in [0.15, 0.2) is 35.3 Å². The number of nitrogens with zero attached hydrogens (tertiary/aromatic N) is 3. The van der Waals surface area contributed by atoms with Crippen molar-refractivity contribution in [3.05, 3.63) is 51.4 Å². The number of amides is 1. The highest BCUT2D eigenvalue weighted by Gasteiger charge is 2.31. The Balaban J connectivity index is 1.97. The van der Waals surface area contributed by atoms with E-state index >= 15 is 0 Å². The van der Waals surface area contributed by atoms with E-state index in [9.17, 15) is 22.8 Å². The van der Waals surface area contributed by atoms with Crippen LogP contribution in [0.3, 0.4) is 0 Å². The van der Waals surface area contributed by atoms with E-state index in [1.165, 1.54) is 18.3 Å². The Morgan fingerprint density at radius 1 is 1.37 bits per heavy atom. The Morgan fingerprint density at radius 3 is 2.78 bits per heavy atom. The van der Waals surface area contributed by atoms with Gasteiger partial charge >= 0.3 is 6.18 Å². The van der Waals surface area contributed by atoms with Gasteiger partial charge in [-0.05, 0) is 18.2 Å². The van der Waals surface area contributed by atoms with Gasteiger partial charge in [-0.3, -0.25) is 9.59 Å². The average molecular weight is 403 g/mol. The number of hydrogen-bond donors (Lipinski definition) is 1. The normalized spacial score (nSPS) is 17.8. The van der Waals surface area contributed by atoms with Crippen LogP contribution in [0.5, 0.6) is 0 Å². The van der Waals surface area contributed by atoms with E-state index < -0.39 is 29.3 Å². The second-order valence-corrected chi connectivity index (χ2v) is 6.19. The fourth-order valence-corrected chi connectivity index (χ4v) is 2.93. The van der Waals surface area contributed by atoms with Crippen LogP contribution < -0.4 is 16.2 Å². The molecule has 3 rings (SSSR count). The Labute approximate surface area is 156 Å². The van der Waals surface area contributed by atoms with Crippen LogP contribution in [0, 0.1) is 0 Å². The largest absolute Gasteiger partial charge is 0.416 e. The maximum atomic E-state index is 12.9. The first-order chi connectivity index (χ1) is 12.7. The molecule has 1 saturated heterocycles. The van der Waals surface area contributed by atoms with E-state index in [1.54, 1.807) is 4.90 Å². The van der Waals surface area contributed by atoms with Gasteiger partial charge in [0.05, 0.1) is 36.3 Å². The molecule has 1 aromatic heterocycles. The van der Waals surface area contributed by atoms with E-state index in [2.05, 4.69) is 5.10 Å². The summed E-state index contributed by atoms with van der Waals surface area (Å²) in [5, 5.41) is 3.70. The Bertz CT molecular complexity index is 932. The monoisotopic (exact) mass is 402 g/mol. The van der Waals surface area contributed by atoms with Crippen molar-refractivity contribution in [2.45, 2.75) is 12.3 Å². The molecule has 11 heteroatoms. The molecule has 0 spiro atoms. The summed E-state index contributed by atoms with van der Waals surface area (Å²) in [4.78, 5) is 25.5. The standard InChI is InChI=1S/C16H14ClF3N4O3/c17-13-11(23-4-5-27-12(8-23)14(21)25)7-22-24(15(13)26)10-3-1-2-9(6-10)16(18,19)20/h1-3,6-7,12H,4-5,8H2,(H2,21,25). The SMILES string of the molecule is NC(=O)C1CN(c2cnn(-c3cccc(C(F)(F)F)c3)c(=O)c2Cl)CCO1. The summed E-state index contributed by atoms with van der Waals surface area (Å²) in [5.74, 6) is -0.652. The third kappa shape index (κ3) is 3.91. The van der Waals surface area contributed by atoms with E-state index in [1.807, 2.05) is 0 Å². The van der Waals surface area contributed by atoms with Gasteiger partial charge in [-0.15, -0.1) is 0 Å². The lowest BCUT2D eigenvalue weighted by atomic mass is 10.2. The van der Waals surface area contributed by atoms with E-state index in [0.29, 0.717) is 6.54 Å². The minimum absolute atomic E-state index is 0.0692. The topological polar surface area (TPSA) is 90.5 Å². The molecule has 0 bridgehead atoms. The van der Waals surface area contributed by atoms with Crippen molar-refractivity contribution in [3.8, 4) is 5.69 Å². The van der Waals surface area contributed by atoms with Crippen LogP contribution in [0.25, 0.3) is 5.69 Å². The molecule has 1 aliphatic heterocycles. The molecular formula is C16H14ClF3N4O3. The molecule has 1 unspecified atom stereocenters. The number of anilines is 1. The van der Waals surface area contributed by atoms with Crippen LogP contribution in [0.4, 0.5) is 18.9 Å². The summed E-state index contributed by atoms with van der Waals surface area (Å²) in [7, 11) is 0. The molecule has 1 amide bonds. The lowest BCUT2D eigenvalue weighted by Gasteiger charge is -2.33. The van der Waals surface area contributed by atoms with Crippen molar-refractivity contribution in [2.75, 3.05) is 24.6 Å². The van der Waals surface area contributed by atoms with Gasteiger partial charge < -0.3 is 15.4 Å². The quantitative estimate of drug-likeness (QED) is 0.842. The Morgan fingerprint density at radius 2 is 2.11 bits per heavy atom. The molecule has 1 fully saturated rings. The molecule has 2 aromatic rings. The van der Waals surface area contributed by atoms with Gasteiger partial charge in [-0.2, -0.15) is 23.0 Å². The number of ether oxygens (including phenoxy) is 1. The lowest BCUT2D eigenvalue weighted by molar-refractivity contribution is -0.137. The predicted molar refractivity (Wildman–Crippen MR) is 91.0 cm³/mol. The van der Waals surface area contributed by atoms with Gasteiger partial charge in [-0.1, -0.05) is 17.7 Å². The third-order valence-corrected chi connectivity index (χ3v) is 4.40. The summed E-state index contributed by atoms with van der Waals surface area (Å²) < 4.78 is 44.7. The molecule has 144 valence electrons. The smallest absolute Gasteiger partial charge is 0.367 e. The van der Waals surface area contributed by atoms with Crippen LogP contribution in [-0.4, -0.2) is 41.5 Å². The number of carbonyl (C=O) groups is 1. The highest BCUT2D eigenvalue weighted by atomic mass is 35.5. The second-order valence-electron chi connectivity index (χ2n) is 5.82. The molecule has 0 radical (unpaired) electrons. The minimum Gasteiger partial charge on any atom is -0.367 e. The summed E-state index contributed by atoms with van der Waals surface area (Å²) >= 11 is 6.14. The third-order valence-electron chi connectivity index (χ3n) is 4.04. The lowest BCUT2D eigenvalue weighted by Crippen LogP contribution is -2.49.